The highest BCUT2D eigenvalue weighted by Crippen LogP contribution is 2.43. The summed E-state index contributed by atoms with van der Waals surface area (Å²) in [4.78, 5) is 16.3. The summed E-state index contributed by atoms with van der Waals surface area (Å²) in [6, 6.07) is 3.02. The first-order valence-corrected chi connectivity index (χ1v) is 7.47. The maximum absolute atomic E-state index is 11.6. The Balaban J connectivity index is 2.26. The molecule has 1 N–H and O–H groups in total. The van der Waals surface area contributed by atoms with Gasteiger partial charge in [0, 0.05) is 18.1 Å². The van der Waals surface area contributed by atoms with E-state index in [1.54, 1.807) is 14.2 Å². The number of carboxylic acids is 1. The van der Waals surface area contributed by atoms with E-state index in [1.807, 2.05) is 23.6 Å². The van der Waals surface area contributed by atoms with Crippen molar-refractivity contribution in [1.29, 1.82) is 0 Å². The minimum atomic E-state index is -0.835. The number of carbonyl (C=O) groups is 1. The summed E-state index contributed by atoms with van der Waals surface area (Å²) in [5.41, 5.74) is 1.54. The van der Waals surface area contributed by atoms with Crippen LogP contribution >= 0.6 is 0 Å². The Bertz CT molecular complexity index is 718. The molecule has 0 amide bonds. The van der Waals surface area contributed by atoms with Crippen LogP contribution in [0.2, 0.25) is 0 Å². The minimum absolute atomic E-state index is 0.359. The van der Waals surface area contributed by atoms with E-state index >= 15 is 0 Å². The third-order valence-electron chi connectivity index (χ3n) is 4.15. The largest absolute Gasteiger partial charge is 0.493 e. The first kappa shape index (κ1) is 14.7. The second-order valence-electron chi connectivity index (χ2n) is 5.57. The van der Waals surface area contributed by atoms with E-state index in [-0.39, 0.29) is 0 Å². The number of hydrogen-bond donors (Lipinski definition) is 1. The van der Waals surface area contributed by atoms with Crippen molar-refractivity contribution in [2.45, 2.75) is 38.1 Å². The van der Waals surface area contributed by atoms with E-state index < -0.39 is 12.0 Å². The zero-order valence-corrected chi connectivity index (χ0v) is 13.0. The van der Waals surface area contributed by atoms with Gasteiger partial charge in [0.1, 0.15) is 11.9 Å². The molecule has 1 aromatic heterocycles. The van der Waals surface area contributed by atoms with Gasteiger partial charge >= 0.3 is 5.97 Å². The number of aliphatic carboxylic acids is 1. The van der Waals surface area contributed by atoms with Crippen LogP contribution in [0.5, 0.6) is 11.5 Å². The fourth-order valence-electron chi connectivity index (χ4n) is 2.87. The molecular formula is C16H20N2O4. The fraction of sp³-hybridized carbons (Fsp3) is 0.500. The lowest BCUT2D eigenvalue weighted by Gasteiger charge is -2.16. The molecule has 0 spiro atoms. The van der Waals surface area contributed by atoms with E-state index in [0.717, 1.165) is 29.7 Å². The van der Waals surface area contributed by atoms with E-state index in [0.29, 0.717) is 23.8 Å². The van der Waals surface area contributed by atoms with Gasteiger partial charge in [0.05, 0.1) is 25.3 Å². The van der Waals surface area contributed by atoms with E-state index in [9.17, 15) is 9.90 Å². The van der Waals surface area contributed by atoms with Crippen LogP contribution < -0.4 is 9.47 Å². The molecule has 1 fully saturated rings. The molecule has 1 unspecified atom stereocenters. The second-order valence-corrected chi connectivity index (χ2v) is 5.57. The highest BCUT2D eigenvalue weighted by Gasteiger charge is 2.33. The molecule has 1 atom stereocenters. The molecule has 0 radical (unpaired) electrons. The molecule has 6 nitrogen and oxygen atoms in total. The lowest BCUT2D eigenvalue weighted by atomic mass is 10.2. The van der Waals surface area contributed by atoms with Gasteiger partial charge in [0.2, 0.25) is 0 Å². The summed E-state index contributed by atoms with van der Waals surface area (Å²) < 4.78 is 12.5. The van der Waals surface area contributed by atoms with Crippen molar-refractivity contribution in [2.75, 3.05) is 14.2 Å². The van der Waals surface area contributed by atoms with Gasteiger partial charge in [-0.15, -0.1) is 0 Å². The number of imidazole rings is 1. The van der Waals surface area contributed by atoms with Crippen molar-refractivity contribution in [3.63, 3.8) is 0 Å². The Morgan fingerprint density at radius 2 is 2.00 bits per heavy atom. The molecule has 118 valence electrons. The molecular weight excluding hydrogens is 284 g/mol. The summed E-state index contributed by atoms with van der Waals surface area (Å²) in [5, 5.41) is 9.55. The van der Waals surface area contributed by atoms with Gasteiger partial charge in [-0.3, -0.25) is 0 Å². The monoisotopic (exact) mass is 304 g/mol. The number of fused-ring (bicyclic) bond motifs is 1. The smallest absolute Gasteiger partial charge is 0.326 e. The number of ether oxygens (including phenoxy) is 2. The van der Waals surface area contributed by atoms with Crippen LogP contribution in [0.3, 0.4) is 0 Å². The number of hydrogen-bond acceptors (Lipinski definition) is 4. The normalized spacial score (nSPS) is 15.8. The first-order chi connectivity index (χ1) is 10.6. The molecule has 0 bridgehead atoms. The molecule has 1 aliphatic rings. The third-order valence-corrected chi connectivity index (χ3v) is 4.15. The molecule has 22 heavy (non-hydrogen) atoms. The van der Waals surface area contributed by atoms with Crippen LogP contribution in [-0.2, 0) is 4.79 Å². The first-order valence-electron chi connectivity index (χ1n) is 7.47. The Labute approximate surface area is 128 Å². The van der Waals surface area contributed by atoms with Gasteiger partial charge in [-0.1, -0.05) is 6.92 Å². The van der Waals surface area contributed by atoms with Crippen molar-refractivity contribution in [3.05, 3.63) is 18.0 Å². The van der Waals surface area contributed by atoms with Gasteiger partial charge in [-0.05, 0) is 19.3 Å². The Hall–Kier alpha value is -2.24. The van der Waals surface area contributed by atoms with Crippen LogP contribution in [0.4, 0.5) is 0 Å². The summed E-state index contributed by atoms with van der Waals surface area (Å²) in [6.07, 6.45) is 2.64. The Morgan fingerprint density at radius 3 is 2.50 bits per heavy atom. The number of carboxylic acid groups (broad SMARTS) is 1. The average Bonchev–Trinajstić information content (AvgIpc) is 3.29. The lowest BCUT2D eigenvalue weighted by Crippen LogP contribution is -2.20. The quantitative estimate of drug-likeness (QED) is 0.888. The van der Waals surface area contributed by atoms with E-state index in [1.165, 1.54) is 0 Å². The van der Waals surface area contributed by atoms with Gasteiger partial charge in [-0.2, -0.15) is 0 Å². The zero-order valence-electron chi connectivity index (χ0n) is 13.0. The highest BCUT2D eigenvalue weighted by atomic mass is 16.5. The van der Waals surface area contributed by atoms with E-state index in [4.69, 9.17) is 9.47 Å². The predicted octanol–water partition coefficient (Wildman–Crippen LogP) is 2.97. The van der Waals surface area contributed by atoms with Crippen LogP contribution in [-0.4, -0.2) is 34.8 Å². The highest BCUT2D eigenvalue weighted by molar-refractivity contribution is 5.83. The van der Waals surface area contributed by atoms with Crippen LogP contribution in [0.15, 0.2) is 12.1 Å². The third kappa shape index (κ3) is 2.28. The molecule has 0 aliphatic heterocycles. The molecule has 1 aromatic carbocycles. The van der Waals surface area contributed by atoms with Gasteiger partial charge in [0.15, 0.2) is 11.5 Å². The summed E-state index contributed by atoms with van der Waals surface area (Å²) in [6.45, 7) is 1.88. The molecule has 6 heteroatoms. The summed E-state index contributed by atoms with van der Waals surface area (Å²) in [5.74, 6) is 1.57. The van der Waals surface area contributed by atoms with Crippen molar-refractivity contribution >= 4 is 17.0 Å². The van der Waals surface area contributed by atoms with E-state index in [2.05, 4.69) is 4.98 Å². The molecule has 3 rings (SSSR count). The van der Waals surface area contributed by atoms with Gasteiger partial charge in [-0.25, -0.2) is 9.78 Å². The number of methoxy groups -OCH3 is 2. The molecule has 1 saturated carbocycles. The maximum Gasteiger partial charge on any atom is 0.326 e. The standard InChI is InChI=1S/C16H20N2O4/c1-4-11(16(19)20)18-12-8-14(22-3)13(21-2)7-10(12)17-15(18)9-5-6-9/h7-9,11H,4-6H2,1-3H3,(H,19,20). The van der Waals surface area contributed by atoms with Crippen molar-refractivity contribution < 1.29 is 19.4 Å². The molecule has 1 aliphatic carbocycles. The van der Waals surface area contributed by atoms with Crippen molar-refractivity contribution in [2.24, 2.45) is 0 Å². The Morgan fingerprint density at radius 1 is 1.36 bits per heavy atom. The van der Waals surface area contributed by atoms with Crippen molar-refractivity contribution in [1.82, 2.24) is 9.55 Å². The van der Waals surface area contributed by atoms with Crippen LogP contribution in [0.1, 0.15) is 44.0 Å². The Kier molecular flexibility index (Phi) is 3.68. The maximum atomic E-state index is 11.6. The predicted molar refractivity (Wildman–Crippen MR) is 81.8 cm³/mol. The van der Waals surface area contributed by atoms with Crippen LogP contribution in [0.25, 0.3) is 11.0 Å². The van der Waals surface area contributed by atoms with Gasteiger partial charge < -0.3 is 19.1 Å². The number of aromatic nitrogens is 2. The summed E-state index contributed by atoms with van der Waals surface area (Å²) >= 11 is 0. The number of rotatable bonds is 6. The second kappa shape index (κ2) is 5.51. The van der Waals surface area contributed by atoms with Crippen molar-refractivity contribution in [3.8, 4) is 11.5 Å². The summed E-state index contributed by atoms with van der Waals surface area (Å²) in [7, 11) is 3.15. The zero-order chi connectivity index (χ0) is 15.9. The topological polar surface area (TPSA) is 73.6 Å². The fourth-order valence-corrected chi connectivity index (χ4v) is 2.87. The number of nitrogens with zero attached hydrogens (tertiary/aromatic N) is 2. The molecule has 0 saturated heterocycles. The molecule has 2 aromatic rings. The molecule has 1 heterocycles. The minimum Gasteiger partial charge on any atom is -0.493 e. The van der Waals surface area contributed by atoms with Gasteiger partial charge in [0.25, 0.3) is 0 Å². The van der Waals surface area contributed by atoms with Crippen LogP contribution in [0, 0.1) is 0 Å². The lowest BCUT2D eigenvalue weighted by molar-refractivity contribution is -0.140. The SMILES string of the molecule is CCC(C(=O)O)n1c(C2CC2)nc2cc(OC)c(OC)cc21. The number of benzene rings is 1. The average molecular weight is 304 g/mol.